The van der Waals surface area contributed by atoms with Gasteiger partial charge in [0.1, 0.15) is 0 Å². The molecule has 1 heterocycles. The number of allylic oxidation sites excluding steroid dienone is 1. The summed E-state index contributed by atoms with van der Waals surface area (Å²) in [5.74, 6) is 0.513. The molecule has 90 valence electrons. The Morgan fingerprint density at radius 3 is 2.94 bits per heavy atom. The van der Waals surface area contributed by atoms with Crippen LogP contribution in [0.15, 0.2) is 11.6 Å². The number of nitrogens with one attached hydrogen (secondary N) is 2. The molecule has 0 aromatic heterocycles. The number of hydrogen-bond acceptors (Lipinski definition) is 2. The summed E-state index contributed by atoms with van der Waals surface area (Å²) in [5.41, 5.74) is 1.53. The summed E-state index contributed by atoms with van der Waals surface area (Å²) in [4.78, 5) is 11.8. The summed E-state index contributed by atoms with van der Waals surface area (Å²) in [7, 11) is 0. The van der Waals surface area contributed by atoms with E-state index in [1.54, 1.807) is 0 Å². The minimum absolute atomic E-state index is 0.249. The summed E-state index contributed by atoms with van der Waals surface area (Å²) in [6, 6.07) is 0. The first kappa shape index (κ1) is 11.6. The molecule has 0 spiro atoms. The lowest BCUT2D eigenvalue weighted by molar-refractivity contribution is -0.125. The molecule has 3 heteroatoms. The first-order valence-electron chi connectivity index (χ1n) is 6.52. The van der Waals surface area contributed by atoms with Crippen molar-refractivity contribution >= 4 is 5.91 Å². The third-order valence-corrected chi connectivity index (χ3v) is 3.59. The Hall–Kier alpha value is -0.830. The van der Waals surface area contributed by atoms with E-state index in [9.17, 15) is 4.79 Å². The van der Waals surface area contributed by atoms with Gasteiger partial charge in [-0.1, -0.05) is 11.6 Å². The average Bonchev–Trinajstić information content (AvgIpc) is 2.83. The van der Waals surface area contributed by atoms with E-state index in [-0.39, 0.29) is 11.8 Å². The van der Waals surface area contributed by atoms with Crippen LogP contribution in [-0.4, -0.2) is 25.5 Å². The van der Waals surface area contributed by atoms with E-state index in [0.29, 0.717) is 0 Å². The zero-order chi connectivity index (χ0) is 11.2. The molecule has 2 aliphatic rings. The highest BCUT2D eigenvalue weighted by Crippen LogP contribution is 2.20. The van der Waals surface area contributed by atoms with Crippen LogP contribution in [0.25, 0.3) is 0 Å². The third-order valence-electron chi connectivity index (χ3n) is 3.59. The predicted molar refractivity (Wildman–Crippen MR) is 65.2 cm³/mol. The van der Waals surface area contributed by atoms with Crippen LogP contribution in [-0.2, 0) is 4.79 Å². The quantitative estimate of drug-likeness (QED) is 0.709. The Balaban J connectivity index is 1.63. The Morgan fingerprint density at radius 1 is 1.44 bits per heavy atom. The number of carbonyl (C=O) groups is 1. The SMILES string of the molecule is O=C(NCCC1=CCCC1)C1CCNCC1. The summed E-state index contributed by atoms with van der Waals surface area (Å²) < 4.78 is 0. The highest BCUT2D eigenvalue weighted by atomic mass is 16.1. The van der Waals surface area contributed by atoms with Crippen molar-refractivity contribution in [3.63, 3.8) is 0 Å². The predicted octanol–water partition coefficient (Wildman–Crippen LogP) is 1.60. The summed E-state index contributed by atoms with van der Waals surface area (Å²) >= 11 is 0. The van der Waals surface area contributed by atoms with Crippen LogP contribution < -0.4 is 10.6 Å². The third kappa shape index (κ3) is 3.34. The molecule has 0 unspecified atom stereocenters. The lowest BCUT2D eigenvalue weighted by atomic mass is 9.97. The minimum Gasteiger partial charge on any atom is -0.356 e. The first-order chi connectivity index (χ1) is 7.86. The van der Waals surface area contributed by atoms with Crippen LogP contribution in [0, 0.1) is 5.92 Å². The largest absolute Gasteiger partial charge is 0.356 e. The number of rotatable bonds is 4. The van der Waals surface area contributed by atoms with Crippen LogP contribution in [0.2, 0.25) is 0 Å². The molecule has 1 aliphatic heterocycles. The Kier molecular flexibility index (Phi) is 4.40. The Labute approximate surface area is 97.7 Å². The van der Waals surface area contributed by atoms with Crippen molar-refractivity contribution in [1.82, 2.24) is 10.6 Å². The van der Waals surface area contributed by atoms with E-state index >= 15 is 0 Å². The summed E-state index contributed by atoms with van der Waals surface area (Å²) in [5, 5.41) is 6.35. The minimum atomic E-state index is 0.249. The van der Waals surface area contributed by atoms with Gasteiger partial charge in [0.2, 0.25) is 5.91 Å². The van der Waals surface area contributed by atoms with Gasteiger partial charge in [-0.15, -0.1) is 0 Å². The van der Waals surface area contributed by atoms with Gasteiger partial charge in [-0.25, -0.2) is 0 Å². The fourth-order valence-electron chi connectivity index (χ4n) is 2.54. The number of carbonyl (C=O) groups excluding carboxylic acids is 1. The van der Waals surface area contributed by atoms with Crippen LogP contribution in [0.5, 0.6) is 0 Å². The van der Waals surface area contributed by atoms with Crippen LogP contribution in [0.4, 0.5) is 0 Å². The second kappa shape index (κ2) is 6.04. The van der Waals surface area contributed by atoms with E-state index < -0.39 is 0 Å². The summed E-state index contributed by atoms with van der Waals surface area (Å²) in [6.07, 6.45) is 9.15. The molecule has 1 amide bonds. The molecule has 0 saturated carbocycles. The molecular weight excluding hydrogens is 200 g/mol. The highest BCUT2D eigenvalue weighted by Gasteiger charge is 2.20. The van der Waals surface area contributed by atoms with Crippen molar-refractivity contribution < 1.29 is 4.79 Å². The molecule has 1 aliphatic carbocycles. The van der Waals surface area contributed by atoms with Crippen LogP contribution in [0.3, 0.4) is 0 Å². The van der Waals surface area contributed by atoms with Crippen molar-refractivity contribution in [2.45, 2.75) is 38.5 Å². The maximum Gasteiger partial charge on any atom is 0.223 e. The zero-order valence-electron chi connectivity index (χ0n) is 9.93. The molecule has 0 atom stereocenters. The maximum absolute atomic E-state index is 11.8. The monoisotopic (exact) mass is 222 g/mol. The second-order valence-electron chi connectivity index (χ2n) is 4.82. The molecule has 16 heavy (non-hydrogen) atoms. The van der Waals surface area contributed by atoms with E-state index in [1.807, 2.05) is 0 Å². The molecule has 1 fully saturated rings. The van der Waals surface area contributed by atoms with Crippen molar-refractivity contribution in [3.8, 4) is 0 Å². The van der Waals surface area contributed by atoms with Crippen molar-refractivity contribution in [2.75, 3.05) is 19.6 Å². The van der Waals surface area contributed by atoms with E-state index in [2.05, 4.69) is 16.7 Å². The van der Waals surface area contributed by atoms with Gasteiger partial charge < -0.3 is 10.6 Å². The smallest absolute Gasteiger partial charge is 0.223 e. The number of hydrogen-bond donors (Lipinski definition) is 2. The van der Waals surface area contributed by atoms with Gasteiger partial charge in [-0.3, -0.25) is 4.79 Å². The molecule has 0 aromatic carbocycles. The van der Waals surface area contributed by atoms with Gasteiger partial charge in [0, 0.05) is 12.5 Å². The second-order valence-corrected chi connectivity index (χ2v) is 4.82. The lowest BCUT2D eigenvalue weighted by Gasteiger charge is -2.21. The fourth-order valence-corrected chi connectivity index (χ4v) is 2.54. The lowest BCUT2D eigenvalue weighted by Crippen LogP contribution is -2.38. The molecule has 2 N–H and O–H groups in total. The van der Waals surface area contributed by atoms with E-state index in [1.165, 1.54) is 24.8 Å². The fraction of sp³-hybridized carbons (Fsp3) is 0.769. The van der Waals surface area contributed by atoms with Crippen LogP contribution >= 0.6 is 0 Å². The Bertz CT molecular complexity index is 267. The molecule has 2 rings (SSSR count). The van der Waals surface area contributed by atoms with E-state index in [4.69, 9.17) is 0 Å². The topological polar surface area (TPSA) is 41.1 Å². The summed E-state index contributed by atoms with van der Waals surface area (Å²) in [6.45, 7) is 2.81. The standard InChI is InChI=1S/C13H22N2O/c16-13(12-6-8-14-9-7-12)15-10-5-11-3-1-2-4-11/h3,12,14H,1-2,4-10H2,(H,15,16). The zero-order valence-corrected chi connectivity index (χ0v) is 9.93. The van der Waals surface area contributed by atoms with Gasteiger partial charge in [-0.2, -0.15) is 0 Å². The van der Waals surface area contributed by atoms with Crippen LogP contribution in [0.1, 0.15) is 38.5 Å². The van der Waals surface area contributed by atoms with E-state index in [0.717, 1.165) is 38.9 Å². The van der Waals surface area contributed by atoms with Crippen molar-refractivity contribution in [3.05, 3.63) is 11.6 Å². The average molecular weight is 222 g/mol. The Morgan fingerprint density at radius 2 is 2.25 bits per heavy atom. The maximum atomic E-state index is 11.8. The highest BCUT2D eigenvalue weighted by molar-refractivity contribution is 5.78. The number of piperidine rings is 1. The van der Waals surface area contributed by atoms with Gasteiger partial charge in [0.15, 0.2) is 0 Å². The molecule has 1 saturated heterocycles. The first-order valence-corrected chi connectivity index (χ1v) is 6.52. The molecule has 0 bridgehead atoms. The van der Waals surface area contributed by atoms with Gasteiger partial charge in [0.25, 0.3) is 0 Å². The molecule has 0 aromatic rings. The van der Waals surface area contributed by atoms with Crippen molar-refractivity contribution in [1.29, 1.82) is 0 Å². The van der Waals surface area contributed by atoms with Gasteiger partial charge >= 0.3 is 0 Å². The molecule has 3 nitrogen and oxygen atoms in total. The van der Waals surface area contributed by atoms with Crippen molar-refractivity contribution in [2.24, 2.45) is 5.92 Å². The van der Waals surface area contributed by atoms with Gasteiger partial charge in [-0.05, 0) is 51.6 Å². The van der Waals surface area contributed by atoms with Gasteiger partial charge in [0.05, 0.1) is 0 Å². The molecule has 0 radical (unpaired) electrons. The normalized spacial score (nSPS) is 21.9. The number of amides is 1. The molecular formula is C13H22N2O.